The Morgan fingerprint density at radius 3 is 1.76 bits per heavy atom. The summed E-state index contributed by atoms with van der Waals surface area (Å²) >= 11 is 1.81. The van der Waals surface area contributed by atoms with Crippen LogP contribution in [0.1, 0.15) is 0 Å². The summed E-state index contributed by atoms with van der Waals surface area (Å²) in [6, 6.07) is 72.7. The number of rotatable bonds is 6. The second-order valence-corrected chi connectivity index (χ2v) is 17.1. The van der Waals surface area contributed by atoms with Gasteiger partial charge in [-0.2, -0.15) is 0 Å². The third-order valence-corrected chi connectivity index (χ3v) is 13.4. The molecule has 0 aliphatic rings. The van der Waals surface area contributed by atoms with Gasteiger partial charge in [0.2, 0.25) is 0 Å². The van der Waals surface area contributed by atoms with E-state index in [9.17, 15) is 0 Å². The number of fused-ring (bicyclic) bond motifs is 9. The summed E-state index contributed by atoms with van der Waals surface area (Å²) in [6.45, 7) is 0. The molecule has 5 nitrogen and oxygen atoms in total. The van der Waals surface area contributed by atoms with Gasteiger partial charge in [-0.1, -0.05) is 146 Å². The molecule has 0 aliphatic heterocycles. The number of thiophene rings is 1. The van der Waals surface area contributed by atoms with Gasteiger partial charge in [-0.05, 0) is 82.9 Å². The van der Waals surface area contributed by atoms with Crippen LogP contribution in [0.25, 0.3) is 126 Å². The maximum Gasteiger partial charge on any atom is 0.164 e. The lowest BCUT2D eigenvalue weighted by Gasteiger charge is -2.10. The molecule has 63 heavy (non-hydrogen) atoms. The van der Waals surface area contributed by atoms with Crippen molar-refractivity contribution in [3.8, 4) is 62.1 Å². The average Bonchev–Trinajstić information content (AvgIpc) is 4.03. The van der Waals surface area contributed by atoms with Crippen molar-refractivity contribution >= 4 is 75.3 Å². The number of hydrogen-bond donors (Lipinski definition) is 0. The lowest BCUT2D eigenvalue weighted by Crippen LogP contribution is -2.00. The van der Waals surface area contributed by atoms with Crippen molar-refractivity contribution in [3.63, 3.8) is 0 Å². The number of hydrogen-bond acceptors (Lipinski definition) is 5. The van der Waals surface area contributed by atoms with Gasteiger partial charge >= 0.3 is 0 Å². The van der Waals surface area contributed by atoms with Crippen LogP contribution in [0.2, 0.25) is 0 Å². The third-order valence-electron chi connectivity index (χ3n) is 12.3. The normalized spacial score (nSPS) is 11.8. The highest BCUT2D eigenvalue weighted by atomic mass is 32.1. The minimum atomic E-state index is 0.626. The molecule has 0 aliphatic carbocycles. The van der Waals surface area contributed by atoms with Gasteiger partial charge in [-0.25, -0.2) is 15.0 Å². The van der Waals surface area contributed by atoms with Crippen LogP contribution in [-0.4, -0.2) is 19.5 Å². The van der Waals surface area contributed by atoms with Crippen molar-refractivity contribution in [1.29, 1.82) is 0 Å². The predicted molar refractivity (Wildman–Crippen MR) is 262 cm³/mol. The van der Waals surface area contributed by atoms with E-state index < -0.39 is 0 Å². The monoisotopic (exact) mass is 822 g/mol. The van der Waals surface area contributed by atoms with Crippen LogP contribution < -0.4 is 0 Å². The van der Waals surface area contributed by atoms with Crippen molar-refractivity contribution in [1.82, 2.24) is 19.5 Å². The Balaban J connectivity index is 0.901. The number of benzene rings is 9. The van der Waals surface area contributed by atoms with E-state index in [0.29, 0.717) is 17.5 Å². The predicted octanol–water partition coefficient (Wildman–Crippen LogP) is 15.6. The molecule has 0 radical (unpaired) electrons. The van der Waals surface area contributed by atoms with E-state index in [-0.39, 0.29) is 0 Å². The quantitative estimate of drug-likeness (QED) is 0.168. The molecule has 0 bridgehead atoms. The molecule has 9 aromatic carbocycles. The molecule has 4 aromatic heterocycles. The summed E-state index contributed by atoms with van der Waals surface area (Å²) in [5, 5.41) is 7.07. The summed E-state index contributed by atoms with van der Waals surface area (Å²) < 4.78 is 11.0. The van der Waals surface area contributed by atoms with Gasteiger partial charge < -0.3 is 8.98 Å². The van der Waals surface area contributed by atoms with E-state index >= 15 is 0 Å². The van der Waals surface area contributed by atoms with Crippen molar-refractivity contribution in [3.05, 3.63) is 206 Å². The Morgan fingerprint density at radius 2 is 0.937 bits per heavy atom. The van der Waals surface area contributed by atoms with Gasteiger partial charge in [0.15, 0.2) is 17.5 Å². The summed E-state index contributed by atoms with van der Waals surface area (Å²) in [7, 11) is 0. The fraction of sp³-hybridized carbons (Fsp3) is 0. The number of nitrogens with zero attached hydrogens (tertiary/aromatic N) is 4. The van der Waals surface area contributed by atoms with Gasteiger partial charge in [0, 0.05) is 64.1 Å². The van der Waals surface area contributed by atoms with E-state index in [1.165, 1.54) is 47.7 Å². The first-order chi connectivity index (χ1) is 31.2. The van der Waals surface area contributed by atoms with Crippen molar-refractivity contribution in [2.24, 2.45) is 0 Å². The Hall–Kier alpha value is -8.19. The summed E-state index contributed by atoms with van der Waals surface area (Å²) in [5.41, 5.74) is 12.7. The fourth-order valence-corrected chi connectivity index (χ4v) is 10.4. The highest BCUT2D eigenvalue weighted by Crippen LogP contribution is 2.43. The smallest absolute Gasteiger partial charge is 0.164 e. The minimum Gasteiger partial charge on any atom is -0.456 e. The first kappa shape index (κ1) is 35.6. The molecule has 0 fully saturated rings. The van der Waals surface area contributed by atoms with Gasteiger partial charge in [0.05, 0.1) is 11.0 Å². The van der Waals surface area contributed by atoms with Crippen molar-refractivity contribution in [2.45, 2.75) is 0 Å². The van der Waals surface area contributed by atoms with Crippen LogP contribution >= 0.6 is 11.3 Å². The van der Waals surface area contributed by atoms with E-state index in [1.807, 2.05) is 47.7 Å². The second-order valence-electron chi connectivity index (χ2n) is 16.0. The average molecular weight is 823 g/mol. The number of furan rings is 1. The highest BCUT2D eigenvalue weighted by Gasteiger charge is 2.19. The molecule has 0 saturated carbocycles. The van der Waals surface area contributed by atoms with E-state index in [4.69, 9.17) is 19.4 Å². The molecule has 13 rings (SSSR count). The zero-order valence-electron chi connectivity index (χ0n) is 33.7. The molecule has 0 amide bonds. The molecule has 13 aromatic rings. The molecule has 294 valence electrons. The Morgan fingerprint density at radius 1 is 0.349 bits per heavy atom. The molecule has 0 unspecified atom stereocenters. The lowest BCUT2D eigenvalue weighted by molar-refractivity contribution is 0.669. The first-order valence-corrected chi connectivity index (χ1v) is 21.9. The largest absolute Gasteiger partial charge is 0.456 e. The lowest BCUT2D eigenvalue weighted by atomic mass is 10.00. The zero-order valence-corrected chi connectivity index (χ0v) is 34.6. The highest BCUT2D eigenvalue weighted by molar-refractivity contribution is 7.26. The second kappa shape index (κ2) is 14.2. The van der Waals surface area contributed by atoms with Crippen LogP contribution in [0.3, 0.4) is 0 Å². The van der Waals surface area contributed by atoms with Gasteiger partial charge in [-0.15, -0.1) is 11.3 Å². The van der Waals surface area contributed by atoms with E-state index in [2.05, 4.69) is 174 Å². The maximum atomic E-state index is 6.21. The minimum absolute atomic E-state index is 0.626. The Bertz CT molecular complexity index is 3900. The van der Waals surface area contributed by atoms with Gasteiger partial charge in [0.25, 0.3) is 0 Å². The van der Waals surface area contributed by atoms with Crippen molar-refractivity contribution < 1.29 is 4.42 Å². The van der Waals surface area contributed by atoms with Crippen molar-refractivity contribution in [2.75, 3.05) is 0 Å². The summed E-state index contributed by atoms with van der Waals surface area (Å²) in [6.07, 6.45) is 0. The fourth-order valence-electron chi connectivity index (χ4n) is 9.26. The topological polar surface area (TPSA) is 56.7 Å². The van der Waals surface area contributed by atoms with E-state index in [1.54, 1.807) is 0 Å². The molecule has 0 atom stereocenters. The molecule has 0 saturated heterocycles. The zero-order chi connectivity index (χ0) is 41.4. The number of aromatic nitrogens is 4. The Labute approximate surface area is 365 Å². The van der Waals surface area contributed by atoms with Gasteiger partial charge in [-0.3, -0.25) is 0 Å². The summed E-state index contributed by atoms with van der Waals surface area (Å²) in [4.78, 5) is 15.4. The van der Waals surface area contributed by atoms with Crippen LogP contribution in [0, 0.1) is 0 Å². The number of para-hydroxylation sites is 3. The molecular formula is C57H34N4OS. The van der Waals surface area contributed by atoms with Gasteiger partial charge in [0.1, 0.15) is 11.2 Å². The molecule has 4 heterocycles. The molecule has 0 N–H and O–H groups in total. The third kappa shape index (κ3) is 5.87. The van der Waals surface area contributed by atoms with Crippen LogP contribution in [0.15, 0.2) is 211 Å². The standard InChI is InChI=1S/C57H34N4OS/c1-3-12-36(13-4-1)55-58-56(37-24-22-35(23-25-37)39-26-29-44-43-17-8-10-20-50(43)62-51(44)33-39)60-57(59-55)46-18-11-21-52-54(46)45-30-27-40(34-53(45)63-52)38-28-31-49-47(32-38)42-16-7-9-19-48(42)61(49)41-14-5-2-6-15-41/h1-34H. The van der Waals surface area contributed by atoms with Crippen LogP contribution in [0.4, 0.5) is 0 Å². The van der Waals surface area contributed by atoms with Crippen LogP contribution in [0.5, 0.6) is 0 Å². The SMILES string of the molecule is c1ccc(-c2nc(-c3ccc(-c4ccc5c(c4)oc4ccccc45)cc3)nc(-c3cccc4sc5cc(-c6ccc7c(c6)c6ccccc6n7-c6ccccc6)ccc5c34)n2)cc1. The Kier molecular flexibility index (Phi) is 8.01. The first-order valence-electron chi connectivity index (χ1n) is 21.1. The van der Waals surface area contributed by atoms with E-state index in [0.717, 1.165) is 60.8 Å². The van der Waals surface area contributed by atoms with Crippen LogP contribution in [-0.2, 0) is 0 Å². The molecule has 0 spiro atoms. The maximum absolute atomic E-state index is 6.21. The molecule has 6 heteroatoms. The molecular weight excluding hydrogens is 789 g/mol. The summed E-state index contributed by atoms with van der Waals surface area (Å²) in [5.74, 6) is 1.91.